The highest BCUT2D eigenvalue weighted by molar-refractivity contribution is 6.01. The number of hydrogen-bond acceptors (Lipinski definition) is 5. The minimum absolute atomic E-state index is 0.0453. The molecule has 0 N–H and O–H groups in total. The standard InChI is InChI=1S/C23H20O5/c1-23(2)11-17(24)15-7-8-19-21(22(15)28-23)16(10-20(25)27-19)14-9-13-5-3-4-6-18(13)26-12-14/h3-9,16H,10-12H2,1-2H3/t16-/m1/s1. The van der Waals surface area contributed by atoms with Crippen LogP contribution >= 0.6 is 0 Å². The molecule has 3 heterocycles. The Morgan fingerprint density at radius 2 is 1.86 bits per heavy atom. The fourth-order valence-corrected chi connectivity index (χ4v) is 4.21. The van der Waals surface area contributed by atoms with Crippen molar-refractivity contribution >= 4 is 17.8 Å². The third-order valence-corrected chi connectivity index (χ3v) is 5.47. The SMILES string of the molecule is CC1(C)CC(=O)c2ccc3c(c2O1)[C@@H](C1=Cc2ccccc2OC1)CC(=O)O3. The lowest BCUT2D eigenvalue weighted by molar-refractivity contribution is -0.135. The lowest BCUT2D eigenvalue weighted by Gasteiger charge is -2.37. The van der Waals surface area contributed by atoms with Gasteiger partial charge in [0.15, 0.2) is 5.78 Å². The number of fused-ring (bicyclic) bond motifs is 4. The third kappa shape index (κ3) is 2.70. The highest BCUT2D eigenvalue weighted by Gasteiger charge is 2.40. The first-order chi connectivity index (χ1) is 13.4. The molecule has 5 heteroatoms. The van der Waals surface area contributed by atoms with Crippen LogP contribution in [0.3, 0.4) is 0 Å². The Morgan fingerprint density at radius 1 is 1.04 bits per heavy atom. The second-order valence-corrected chi connectivity index (χ2v) is 8.09. The van der Waals surface area contributed by atoms with Crippen molar-refractivity contribution in [2.24, 2.45) is 0 Å². The van der Waals surface area contributed by atoms with Crippen LogP contribution in [0.5, 0.6) is 17.2 Å². The lowest BCUT2D eigenvalue weighted by Crippen LogP contribution is -2.37. The van der Waals surface area contributed by atoms with Gasteiger partial charge in [0, 0.05) is 17.0 Å². The molecule has 2 aromatic rings. The average Bonchev–Trinajstić information content (AvgIpc) is 2.65. The number of benzene rings is 2. The van der Waals surface area contributed by atoms with Gasteiger partial charge < -0.3 is 14.2 Å². The van der Waals surface area contributed by atoms with Crippen molar-refractivity contribution in [3.05, 3.63) is 58.7 Å². The Balaban J connectivity index is 1.67. The van der Waals surface area contributed by atoms with E-state index in [4.69, 9.17) is 14.2 Å². The van der Waals surface area contributed by atoms with Crippen molar-refractivity contribution in [1.82, 2.24) is 0 Å². The molecular formula is C23H20O5. The van der Waals surface area contributed by atoms with Crippen LogP contribution in [0.1, 0.15) is 54.1 Å². The molecule has 3 aliphatic rings. The number of hydrogen-bond donors (Lipinski definition) is 0. The van der Waals surface area contributed by atoms with Crippen LogP contribution in [0.25, 0.3) is 6.08 Å². The first-order valence-electron chi connectivity index (χ1n) is 9.43. The number of ketones is 1. The molecule has 2 aromatic carbocycles. The largest absolute Gasteiger partial charge is 0.489 e. The highest BCUT2D eigenvalue weighted by atomic mass is 16.5. The molecule has 0 saturated carbocycles. The summed E-state index contributed by atoms with van der Waals surface area (Å²) in [5, 5.41) is 0. The Hall–Kier alpha value is -3.08. The Kier molecular flexibility index (Phi) is 3.63. The summed E-state index contributed by atoms with van der Waals surface area (Å²) in [7, 11) is 0. The van der Waals surface area contributed by atoms with Crippen molar-refractivity contribution in [3.8, 4) is 17.2 Å². The molecule has 0 aliphatic carbocycles. The van der Waals surface area contributed by atoms with Crippen molar-refractivity contribution in [1.29, 1.82) is 0 Å². The van der Waals surface area contributed by atoms with E-state index in [-0.39, 0.29) is 24.1 Å². The van der Waals surface area contributed by atoms with Gasteiger partial charge in [0.05, 0.1) is 18.4 Å². The van der Waals surface area contributed by atoms with Crippen LogP contribution in [0.4, 0.5) is 0 Å². The number of Topliss-reactive ketones (excluding diaryl/α,β-unsaturated/α-hetero) is 1. The molecule has 3 aliphatic heterocycles. The zero-order valence-corrected chi connectivity index (χ0v) is 15.8. The summed E-state index contributed by atoms with van der Waals surface area (Å²) in [5.74, 6) is 1.33. The van der Waals surface area contributed by atoms with E-state index in [0.717, 1.165) is 22.4 Å². The molecule has 0 unspecified atom stereocenters. The molecule has 0 saturated heterocycles. The number of rotatable bonds is 1. The van der Waals surface area contributed by atoms with E-state index in [1.165, 1.54) is 0 Å². The second-order valence-electron chi connectivity index (χ2n) is 8.09. The molecule has 0 bridgehead atoms. The van der Waals surface area contributed by atoms with Crippen LogP contribution < -0.4 is 14.2 Å². The van der Waals surface area contributed by atoms with Crippen LogP contribution in [-0.4, -0.2) is 24.0 Å². The normalized spacial score (nSPS) is 21.9. The van der Waals surface area contributed by atoms with Crippen LogP contribution in [0.2, 0.25) is 0 Å². The van der Waals surface area contributed by atoms with Gasteiger partial charge in [-0.1, -0.05) is 18.2 Å². The van der Waals surface area contributed by atoms with Crippen molar-refractivity contribution < 1.29 is 23.8 Å². The number of ether oxygens (including phenoxy) is 3. The van der Waals surface area contributed by atoms with E-state index in [9.17, 15) is 9.59 Å². The smallest absolute Gasteiger partial charge is 0.312 e. The summed E-state index contributed by atoms with van der Waals surface area (Å²) < 4.78 is 17.6. The summed E-state index contributed by atoms with van der Waals surface area (Å²) in [6, 6.07) is 11.2. The van der Waals surface area contributed by atoms with Gasteiger partial charge in [-0.3, -0.25) is 9.59 Å². The first-order valence-corrected chi connectivity index (χ1v) is 9.43. The van der Waals surface area contributed by atoms with E-state index < -0.39 is 5.60 Å². The summed E-state index contributed by atoms with van der Waals surface area (Å²) >= 11 is 0. The van der Waals surface area contributed by atoms with Crippen molar-refractivity contribution in [2.45, 2.75) is 38.2 Å². The first kappa shape index (κ1) is 17.0. The Labute approximate surface area is 162 Å². The maximum atomic E-state index is 12.7. The van der Waals surface area contributed by atoms with E-state index in [2.05, 4.69) is 6.08 Å². The molecule has 5 nitrogen and oxygen atoms in total. The van der Waals surface area contributed by atoms with Gasteiger partial charge in [-0.2, -0.15) is 0 Å². The van der Waals surface area contributed by atoms with E-state index in [0.29, 0.717) is 30.1 Å². The number of carbonyl (C=O) groups excluding carboxylic acids is 2. The lowest BCUT2D eigenvalue weighted by atomic mass is 9.81. The monoisotopic (exact) mass is 376 g/mol. The second kappa shape index (κ2) is 5.96. The number of carbonyl (C=O) groups is 2. The van der Waals surface area contributed by atoms with Crippen molar-refractivity contribution in [2.75, 3.05) is 6.61 Å². The van der Waals surface area contributed by atoms with Gasteiger partial charge in [0.25, 0.3) is 0 Å². The molecule has 5 rings (SSSR count). The summed E-state index contributed by atoms with van der Waals surface area (Å²) in [6.45, 7) is 4.18. The molecule has 0 spiro atoms. The Morgan fingerprint density at radius 3 is 2.71 bits per heavy atom. The van der Waals surface area contributed by atoms with E-state index in [1.807, 2.05) is 38.1 Å². The van der Waals surface area contributed by atoms with Crippen LogP contribution in [0.15, 0.2) is 42.0 Å². The van der Waals surface area contributed by atoms with Gasteiger partial charge in [0.2, 0.25) is 0 Å². The minimum Gasteiger partial charge on any atom is -0.489 e. The molecule has 0 amide bonds. The fourth-order valence-electron chi connectivity index (χ4n) is 4.21. The molecule has 1 atom stereocenters. The molecule has 0 fully saturated rings. The maximum absolute atomic E-state index is 12.7. The van der Waals surface area contributed by atoms with Gasteiger partial charge >= 0.3 is 5.97 Å². The predicted octanol–water partition coefficient (Wildman–Crippen LogP) is 4.30. The fraction of sp³-hybridized carbons (Fsp3) is 0.304. The zero-order valence-electron chi connectivity index (χ0n) is 15.8. The summed E-state index contributed by atoms with van der Waals surface area (Å²) in [4.78, 5) is 25.0. The summed E-state index contributed by atoms with van der Waals surface area (Å²) in [5.41, 5.74) is 2.68. The zero-order chi connectivity index (χ0) is 19.5. The van der Waals surface area contributed by atoms with Gasteiger partial charge in [-0.05, 0) is 43.7 Å². The molecule has 0 aromatic heterocycles. The topological polar surface area (TPSA) is 61.8 Å². The van der Waals surface area contributed by atoms with Crippen LogP contribution in [-0.2, 0) is 4.79 Å². The number of para-hydroxylation sites is 1. The average molecular weight is 376 g/mol. The molecular weight excluding hydrogens is 356 g/mol. The predicted molar refractivity (Wildman–Crippen MR) is 103 cm³/mol. The minimum atomic E-state index is -0.602. The number of esters is 1. The van der Waals surface area contributed by atoms with Gasteiger partial charge in [0.1, 0.15) is 29.5 Å². The molecule has 142 valence electrons. The molecule has 28 heavy (non-hydrogen) atoms. The van der Waals surface area contributed by atoms with Gasteiger partial charge in [-0.25, -0.2) is 0 Å². The van der Waals surface area contributed by atoms with Gasteiger partial charge in [-0.15, -0.1) is 0 Å². The van der Waals surface area contributed by atoms with Crippen LogP contribution in [0, 0.1) is 0 Å². The molecule has 0 radical (unpaired) electrons. The van der Waals surface area contributed by atoms with E-state index >= 15 is 0 Å². The quantitative estimate of drug-likeness (QED) is 0.549. The van der Waals surface area contributed by atoms with E-state index in [1.54, 1.807) is 12.1 Å². The highest BCUT2D eigenvalue weighted by Crippen LogP contribution is 2.49. The maximum Gasteiger partial charge on any atom is 0.312 e. The van der Waals surface area contributed by atoms with Crippen molar-refractivity contribution in [3.63, 3.8) is 0 Å². The Bertz CT molecular complexity index is 1050. The summed E-state index contributed by atoms with van der Waals surface area (Å²) in [6.07, 6.45) is 2.59. The third-order valence-electron chi connectivity index (χ3n) is 5.47.